The number of imidazole rings is 1. The van der Waals surface area contributed by atoms with Gasteiger partial charge in [0.25, 0.3) is 0 Å². The molecule has 0 saturated carbocycles. The number of aromatic nitrogens is 2. The third-order valence-corrected chi connectivity index (χ3v) is 3.20. The predicted molar refractivity (Wildman–Crippen MR) is 74.6 cm³/mol. The Hall–Kier alpha value is -1.68. The Balaban J connectivity index is 1.61. The van der Waals surface area contributed by atoms with Gasteiger partial charge in [0.15, 0.2) is 0 Å². The monoisotopic (exact) mass is 261 g/mol. The van der Waals surface area contributed by atoms with Crippen LogP contribution in [-0.4, -0.2) is 22.6 Å². The fourth-order valence-corrected chi connectivity index (χ4v) is 2.09. The maximum atomic E-state index is 12.9. The first-order chi connectivity index (χ1) is 9.25. The van der Waals surface area contributed by atoms with E-state index in [1.165, 1.54) is 11.6 Å². The molecule has 1 aromatic heterocycles. The molecule has 2 rings (SSSR count). The first-order valence-corrected chi connectivity index (χ1v) is 6.67. The van der Waals surface area contributed by atoms with E-state index in [9.17, 15) is 4.39 Å². The quantitative estimate of drug-likeness (QED) is 0.776. The van der Waals surface area contributed by atoms with Crippen LogP contribution < -0.4 is 5.32 Å². The summed E-state index contributed by atoms with van der Waals surface area (Å²) in [5.74, 6) is -0.158. The minimum absolute atomic E-state index is 0.158. The Morgan fingerprint density at radius 2 is 2.21 bits per heavy atom. The van der Waals surface area contributed by atoms with Gasteiger partial charge in [-0.05, 0) is 56.1 Å². The Morgan fingerprint density at radius 1 is 1.32 bits per heavy atom. The van der Waals surface area contributed by atoms with Crippen molar-refractivity contribution in [2.24, 2.45) is 0 Å². The second-order valence-electron chi connectivity index (χ2n) is 4.72. The van der Waals surface area contributed by atoms with Gasteiger partial charge in [0, 0.05) is 18.9 Å². The van der Waals surface area contributed by atoms with Crippen LogP contribution in [0.4, 0.5) is 4.39 Å². The van der Waals surface area contributed by atoms with Gasteiger partial charge in [-0.15, -0.1) is 0 Å². The Labute approximate surface area is 113 Å². The van der Waals surface area contributed by atoms with E-state index in [1.54, 1.807) is 12.3 Å². The van der Waals surface area contributed by atoms with Gasteiger partial charge in [-0.3, -0.25) is 0 Å². The number of hydrogen-bond donors (Lipinski definition) is 1. The van der Waals surface area contributed by atoms with E-state index >= 15 is 0 Å². The van der Waals surface area contributed by atoms with Gasteiger partial charge in [-0.25, -0.2) is 9.37 Å². The Bertz CT molecular complexity index is 494. The van der Waals surface area contributed by atoms with Crippen molar-refractivity contribution in [1.29, 1.82) is 0 Å². The van der Waals surface area contributed by atoms with Crippen molar-refractivity contribution in [2.45, 2.75) is 26.3 Å². The molecule has 1 aromatic carbocycles. The molecule has 0 unspecified atom stereocenters. The second kappa shape index (κ2) is 7.04. The normalized spacial score (nSPS) is 10.8. The molecule has 0 bridgehead atoms. The maximum Gasteiger partial charge on any atom is 0.123 e. The van der Waals surface area contributed by atoms with Crippen molar-refractivity contribution in [3.8, 4) is 0 Å². The third kappa shape index (κ3) is 4.48. The average Bonchev–Trinajstić information content (AvgIpc) is 2.89. The van der Waals surface area contributed by atoms with Crippen molar-refractivity contribution in [3.05, 3.63) is 53.9 Å². The summed E-state index contributed by atoms with van der Waals surface area (Å²) in [4.78, 5) is 4.01. The van der Waals surface area contributed by atoms with Gasteiger partial charge in [-0.1, -0.05) is 6.07 Å². The first-order valence-electron chi connectivity index (χ1n) is 6.67. The molecule has 1 N–H and O–H groups in total. The smallest absolute Gasteiger partial charge is 0.123 e. The minimum Gasteiger partial charge on any atom is -0.337 e. The highest BCUT2D eigenvalue weighted by Crippen LogP contribution is 2.10. The highest BCUT2D eigenvalue weighted by Gasteiger charge is 1.99. The molecule has 19 heavy (non-hydrogen) atoms. The van der Waals surface area contributed by atoms with Crippen LogP contribution in [0.25, 0.3) is 0 Å². The SMILES string of the molecule is Cc1cc(F)ccc1CCNCCCn1ccnc1. The van der Waals surface area contributed by atoms with Crippen molar-refractivity contribution in [2.75, 3.05) is 13.1 Å². The molecule has 4 heteroatoms. The molecule has 0 saturated heterocycles. The number of halogens is 1. The number of nitrogens with one attached hydrogen (secondary N) is 1. The third-order valence-electron chi connectivity index (χ3n) is 3.20. The van der Waals surface area contributed by atoms with Crippen LogP contribution in [0.15, 0.2) is 36.9 Å². The lowest BCUT2D eigenvalue weighted by molar-refractivity contribution is 0.581. The lowest BCUT2D eigenvalue weighted by Crippen LogP contribution is -2.20. The molecular formula is C15H20FN3. The van der Waals surface area contributed by atoms with Gasteiger partial charge >= 0.3 is 0 Å². The minimum atomic E-state index is -0.158. The van der Waals surface area contributed by atoms with Crippen molar-refractivity contribution in [1.82, 2.24) is 14.9 Å². The molecule has 0 spiro atoms. The fraction of sp³-hybridized carbons (Fsp3) is 0.400. The zero-order valence-electron chi connectivity index (χ0n) is 11.3. The van der Waals surface area contributed by atoms with Crippen LogP contribution in [0.3, 0.4) is 0 Å². The summed E-state index contributed by atoms with van der Waals surface area (Å²) in [7, 11) is 0. The van der Waals surface area contributed by atoms with Crippen LogP contribution in [0, 0.1) is 12.7 Å². The summed E-state index contributed by atoms with van der Waals surface area (Å²) in [6.45, 7) is 4.86. The molecule has 0 radical (unpaired) electrons. The fourth-order valence-electron chi connectivity index (χ4n) is 2.09. The standard InChI is InChI=1S/C15H20FN3/c1-13-11-15(16)4-3-14(13)5-7-17-6-2-9-19-10-8-18-12-19/h3-4,8,10-12,17H,2,5-7,9H2,1H3. The summed E-state index contributed by atoms with van der Waals surface area (Å²) in [5.41, 5.74) is 2.24. The van der Waals surface area contributed by atoms with Crippen LogP contribution >= 0.6 is 0 Å². The van der Waals surface area contributed by atoms with E-state index in [1.807, 2.05) is 25.5 Å². The molecule has 0 atom stereocenters. The lowest BCUT2D eigenvalue weighted by atomic mass is 10.1. The van der Waals surface area contributed by atoms with E-state index in [-0.39, 0.29) is 5.82 Å². The average molecular weight is 261 g/mol. The van der Waals surface area contributed by atoms with Crippen LogP contribution in [-0.2, 0) is 13.0 Å². The summed E-state index contributed by atoms with van der Waals surface area (Å²) in [5, 5.41) is 3.41. The second-order valence-corrected chi connectivity index (χ2v) is 4.72. The molecule has 0 aliphatic heterocycles. The predicted octanol–water partition coefficient (Wildman–Crippen LogP) is 2.55. The lowest BCUT2D eigenvalue weighted by Gasteiger charge is -2.08. The van der Waals surface area contributed by atoms with E-state index < -0.39 is 0 Å². The summed E-state index contributed by atoms with van der Waals surface area (Å²) in [6.07, 6.45) is 7.63. The van der Waals surface area contributed by atoms with Crippen molar-refractivity contribution in [3.63, 3.8) is 0 Å². The Morgan fingerprint density at radius 3 is 2.95 bits per heavy atom. The molecular weight excluding hydrogens is 241 g/mol. The molecule has 0 fully saturated rings. The summed E-state index contributed by atoms with van der Waals surface area (Å²) >= 11 is 0. The number of nitrogens with zero attached hydrogens (tertiary/aromatic N) is 2. The van der Waals surface area contributed by atoms with Gasteiger partial charge in [0.2, 0.25) is 0 Å². The molecule has 102 valence electrons. The number of rotatable bonds is 7. The maximum absolute atomic E-state index is 12.9. The van der Waals surface area contributed by atoms with Crippen LogP contribution in [0.2, 0.25) is 0 Å². The molecule has 0 aliphatic rings. The molecule has 3 nitrogen and oxygen atoms in total. The molecule has 1 heterocycles. The Kier molecular flexibility index (Phi) is 5.10. The first kappa shape index (κ1) is 13.7. The zero-order valence-corrected chi connectivity index (χ0v) is 11.3. The van der Waals surface area contributed by atoms with Crippen molar-refractivity contribution >= 4 is 0 Å². The summed E-state index contributed by atoms with van der Waals surface area (Å²) < 4.78 is 15.0. The van der Waals surface area contributed by atoms with E-state index in [4.69, 9.17) is 0 Å². The van der Waals surface area contributed by atoms with Gasteiger partial charge < -0.3 is 9.88 Å². The van der Waals surface area contributed by atoms with Gasteiger partial charge in [0.1, 0.15) is 5.82 Å². The van der Waals surface area contributed by atoms with Gasteiger partial charge in [0.05, 0.1) is 6.33 Å². The number of benzene rings is 1. The zero-order chi connectivity index (χ0) is 13.5. The highest BCUT2D eigenvalue weighted by atomic mass is 19.1. The van der Waals surface area contributed by atoms with Crippen molar-refractivity contribution < 1.29 is 4.39 Å². The summed E-state index contributed by atoms with van der Waals surface area (Å²) in [6, 6.07) is 4.99. The molecule has 2 aromatic rings. The molecule has 0 aliphatic carbocycles. The van der Waals surface area contributed by atoms with Crippen LogP contribution in [0.5, 0.6) is 0 Å². The van der Waals surface area contributed by atoms with E-state index in [0.717, 1.165) is 38.0 Å². The number of aryl methyl sites for hydroxylation is 2. The van der Waals surface area contributed by atoms with Crippen LogP contribution in [0.1, 0.15) is 17.5 Å². The number of hydrogen-bond acceptors (Lipinski definition) is 2. The van der Waals surface area contributed by atoms with Gasteiger partial charge in [-0.2, -0.15) is 0 Å². The topological polar surface area (TPSA) is 29.9 Å². The molecule has 0 amide bonds. The highest BCUT2D eigenvalue weighted by molar-refractivity contribution is 5.26. The van der Waals surface area contributed by atoms with E-state index in [2.05, 4.69) is 14.9 Å². The largest absolute Gasteiger partial charge is 0.337 e. The van der Waals surface area contributed by atoms with E-state index in [0.29, 0.717) is 0 Å².